The molecule has 0 bridgehead atoms. The second-order valence-electron chi connectivity index (χ2n) is 7.19. The van der Waals surface area contributed by atoms with Crippen molar-refractivity contribution < 1.29 is 17.9 Å². The van der Waals surface area contributed by atoms with Gasteiger partial charge in [-0.15, -0.1) is 0 Å². The smallest absolute Gasteiger partial charge is 0.189 e. The molecule has 0 aliphatic heterocycles. The molecule has 0 saturated heterocycles. The van der Waals surface area contributed by atoms with Crippen LogP contribution in [0.2, 0.25) is 0 Å². The highest BCUT2D eigenvalue weighted by molar-refractivity contribution is 7.80. The van der Waals surface area contributed by atoms with E-state index in [2.05, 4.69) is 0 Å². The van der Waals surface area contributed by atoms with Crippen molar-refractivity contribution in [3.63, 3.8) is 0 Å². The molecule has 1 aromatic rings. The molecule has 146 valence electrons. The Morgan fingerprint density at radius 2 is 1.44 bits per heavy atom. The highest BCUT2D eigenvalue weighted by Gasteiger charge is 2.20. The molecule has 4 nitrogen and oxygen atoms in total. The molecule has 0 radical (unpaired) electrons. The summed E-state index contributed by atoms with van der Waals surface area (Å²) in [5.74, 6) is 0. The summed E-state index contributed by atoms with van der Waals surface area (Å²) in [6.45, 7) is 17.5. The predicted molar refractivity (Wildman–Crippen MR) is 105 cm³/mol. The molecule has 1 rings (SSSR count). The Labute approximate surface area is 156 Å². The molecule has 1 aromatic carbocycles. The van der Waals surface area contributed by atoms with Crippen LogP contribution < -0.4 is 0 Å². The Bertz CT molecular complexity index is 489. The van der Waals surface area contributed by atoms with Crippen molar-refractivity contribution in [3.05, 3.63) is 29.8 Å². The first-order valence-corrected chi connectivity index (χ1v) is 10.1. The van der Waals surface area contributed by atoms with Crippen LogP contribution in [0.1, 0.15) is 60.5 Å². The van der Waals surface area contributed by atoms with E-state index in [0.717, 1.165) is 12.0 Å². The van der Waals surface area contributed by atoms with Gasteiger partial charge in [-0.3, -0.25) is 4.18 Å². The van der Waals surface area contributed by atoms with Gasteiger partial charge in [0.2, 0.25) is 0 Å². The molecule has 5 heteroatoms. The molecule has 0 fully saturated rings. The van der Waals surface area contributed by atoms with Gasteiger partial charge in [0.1, 0.15) is 0 Å². The molecule has 1 atom stereocenters. The highest BCUT2D eigenvalue weighted by Crippen LogP contribution is 2.17. The van der Waals surface area contributed by atoms with Crippen LogP contribution in [0, 0.1) is 6.92 Å². The lowest BCUT2D eigenvalue weighted by Crippen LogP contribution is -2.30. The van der Waals surface area contributed by atoms with Gasteiger partial charge >= 0.3 is 0 Å². The zero-order chi connectivity index (χ0) is 19.5. The van der Waals surface area contributed by atoms with Gasteiger partial charge in [-0.05, 0) is 60.1 Å². The quantitative estimate of drug-likeness (QED) is 0.568. The molecule has 0 heterocycles. The van der Waals surface area contributed by atoms with Crippen LogP contribution in [-0.2, 0) is 24.7 Å². The fourth-order valence-electron chi connectivity index (χ4n) is 1.82. The summed E-state index contributed by atoms with van der Waals surface area (Å²) in [5, 5.41) is 0. The summed E-state index contributed by atoms with van der Waals surface area (Å²) in [6.07, 6.45) is 0.797. The molecule has 0 amide bonds. The standard InChI is InChI=1S/C18H30O4S.C2H6/c1-15-7-9-16(10-8-15)23(19)22-14-13-21-18(5,6)11-12-20-17(2,3)4;1-2/h7-10H,11-14H2,1-6H3;1-2H3. The summed E-state index contributed by atoms with van der Waals surface area (Å²) < 4.78 is 28.8. The normalized spacial score (nSPS) is 13.1. The third kappa shape index (κ3) is 12.3. The van der Waals surface area contributed by atoms with E-state index in [1.54, 1.807) is 0 Å². The number of aryl methyl sites for hydroxylation is 1. The van der Waals surface area contributed by atoms with E-state index in [0.29, 0.717) is 24.7 Å². The SMILES string of the molecule is CC.Cc1ccc(S(=O)OCCOC(C)(C)CCOC(C)(C)C)cc1. The van der Waals surface area contributed by atoms with Gasteiger partial charge in [0.25, 0.3) is 0 Å². The van der Waals surface area contributed by atoms with Crippen LogP contribution in [-0.4, -0.2) is 35.2 Å². The van der Waals surface area contributed by atoms with Gasteiger partial charge in [-0.2, -0.15) is 0 Å². The lowest BCUT2D eigenvalue weighted by atomic mass is 10.1. The zero-order valence-corrected chi connectivity index (χ0v) is 18.0. The van der Waals surface area contributed by atoms with E-state index >= 15 is 0 Å². The Hall–Kier alpha value is -0.750. The van der Waals surface area contributed by atoms with E-state index in [-0.39, 0.29) is 11.2 Å². The van der Waals surface area contributed by atoms with Crippen molar-refractivity contribution in [1.29, 1.82) is 0 Å². The van der Waals surface area contributed by atoms with Gasteiger partial charge in [0, 0.05) is 6.61 Å². The number of benzene rings is 1. The molecule has 25 heavy (non-hydrogen) atoms. The van der Waals surface area contributed by atoms with Crippen molar-refractivity contribution in [2.24, 2.45) is 0 Å². The first-order chi connectivity index (χ1) is 11.6. The topological polar surface area (TPSA) is 44.8 Å². The number of hydrogen-bond donors (Lipinski definition) is 0. The second kappa shape index (κ2) is 11.8. The van der Waals surface area contributed by atoms with Crippen molar-refractivity contribution in [3.8, 4) is 0 Å². The summed E-state index contributed by atoms with van der Waals surface area (Å²) >= 11 is -1.44. The Morgan fingerprint density at radius 3 is 1.96 bits per heavy atom. The predicted octanol–water partition coefficient (Wildman–Crippen LogP) is 5.06. The van der Waals surface area contributed by atoms with E-state index in [9.17, 15) is 4.21 Å². The van der Waals surface area contributed by atoms with Crippen LogP contribution in [0.3, 0.4) is 0 Å². The molecule has 0 aliphatic rings. The van der Waals surface area contributed by atoms with E-state index in [4.69, 9.17) is 13.7 Å². The summed E-state index contributed by atoms with van der Waals surface area (Å²) in [7, 11) is 0. The largest absolute Gasteiger partial charge is 0.376 e. The molecule has 0 aliphatic carbocycles. The fourth-order valence-corrected chi connectivity index (χ4v) is 2.53. The van der Waals surface area contributed by atoms with Crippen molar-refractivity contribution >= 4 is 11.1 Å². The van der Waals surface area contributed by atoms with E-state index < -0.39 is 11.1 Å². The maximum Gasteiger partial charge on any atom is 0.189 e. The van der Waals surface area contributed by atoms with Crippen LogP contribution in [0.25, 0.3) is 0 Å². The molecular formula is C20H36O4S. The van der Waals surface area contributed by atoms with Crippen molar-refractivity contribution in [2.75, 3.05) is 19.8 Å². The average Bonchev–Trinajstić information content (AvgIpc) is 2.52. The average molecular weight is 373 g/mol. The van der Waals surface area contributed by atoms with Gasteiger partial charge in [-0.1, -0.05) is 31.5 Å². The number of ether oxygens (including phenoxy) is 2. The molecule has 0 aromatic heterocycles. The van der Waals surface area contributed by atoms with E-state index in [1.807, 2.05) is 79.7 Å². The minimum Gasteiger partial charge on any atom is -0.376 e. The summed E-state index contributed by atoms with van der Waals surface area (Å²) in [6, 6.07) is 7.48. The van der Waals surface area contributed by atoms with Gasteiger partial charge < -0.3 is 9.47 Å². The lowest BCUT2D eigenvalue weighted by molar-refractivity contribution is -0.0711. The molecule has 1 unspecified atom stereocenters. The van der Waals surface area contributed by atoms with Crippen LogP contribution >= 0.6 is 0 Å². The van der Waals surface area contributed by atoms with Crippen LogP contribution in [0.5, 0.6) is 0 Å². The summed E-state index contributed by atoms with van der Waals surface area (Å²) in [4.78, 5) is 0.674. The third-order valence-corrected chi connectivity index (χ3v) is 4.26. The Morgan fingerprint density at radius 1 is 0.880 bits per heavy atom. The zero-order valence-electron chi connectivity index (χ0n) is 17.2. The number of hydrogen-bond acceptors (Lipinski definition) is 4. The van der Waals surface area contributed by atoms with Crippen LogP contribution in [0.4, 0.5) is 0 Å². The van der Waals surface area contributed by atoms with Crippen molar-refractivity contribution in [1.82, 2.24) is 0 Å². The maximum atomic E-state index is 12.0. The fraction of sp³-hybridized carbons (Fsp3) is 0.700. The Balaban J connectivity index is 0.00000277. The van der Waals surface area contributed by atoms with E-state index in [1.165, 1.54) is 0 Å². The van der Waals surface area contributed by atoms with Gasteiger partial charge in [0.05, 0.1) is 29.3 Å². The lowest BCUT2D eigenvalue weighted by Gasteiger charge is -2.27. The van der Waals surface area contributed by atoms with Crippen LogP contribution in [0.15, 0.2) is 29.2 Å². The first kappa shape index (κ1) is 24.2. The Kier molecular flexibility index (Phi) is 11.4. The van der Waals surface area contributed by atoms with Gasteiger partial charge in [-0.25, -0.2) is 4.21 Å². The monoisotopic (exact) mass is 372 g/mol. The third-order valence-electron chi connectivity index (χ3n) is 3.22. The molecule has 0 spiro atoms. The minimum atomic E-state index is -1.44. The van der Waals surface area contributed by atoms with Crippen molar-refractivity contribution in [2.45, 2.75) is 77.9 Å². The first-order valence-electron chi connectivity index (χ1n) is 8.99. The number of rotatable bonds is 9. The maximum absolute atomic E-state index is 12.0. The van der Waals surface area contributed by atoms with Gasteiger partial charge in [0.15, 0.2) is 11.1 Å². The summed E-state index contributed by atoms with van der Waals surface area (Å²) in [5.41, 5.74) is 0.706. The molecule has 0 N–H and O–H groups in total. The molecular weight excluding hydrogens is 336 g/mol. The molecule has 0 saturated carbocycles. The minimum absolute atomic E-state index is 0.135. The second-order valence-corrected chi connectivity index (χ2v) is 8.37. The highest BCUT2D eigenvalue weighted by atomic mass is 32.2.